The molecule has 0 aliphatic rings. The van der Waals surface area contributed by atoms with Crippen LogP contribution < -0.4 is 5.32 Å². The lowest BCUT2D eigenvalue weighted by Crippen LogP contribution is -2.17. The number of aromatic nitrogens is 2. The number of benzene rings is 1. The summed E-state index contributed by atoms with van der Waals surface area (Å²) in [4.78, 5) is 22.4. The van der Waals surface area contributed by atoms with Gasteiger partial charge in [-0.3, -0.25) is 19.6 Å². The first-order valence-corrected chi connectivity index (χ1v) is 6.83. The van der Waals surface area contributed by atoms with Crippen molar-refractivity contribution in [2.75, 3.05) is 5.32 Å². The monoisotopic (exact) mass is 363 g/mol. The molecule has 0 atom stereocenters. The molecule has 1 heterocycles. The highest BCUT2D eigenvalue weighted by Crippen LogP contribution is 2.24. The highest BCUT2D eigenvalue weighted by molar-refractivity contribution is 9.10. The van der Waals surface area contributed by atoms with Gasteiger partial charge in [0.25, 0.3) is 11.6 Å². The van der Waals surface area contributed by atoms with E-state index in [2.05, 4.69) is 26.3 Å². The number of carbonyl (C=O) groups excluding carboxylic acids is 1. The summed E-state index contributed by atoms with van der Waals surface area (Å²) in [5.74, 6) is -0.472. The number of nitro groups is 1. The first-order valence-electron chi connectivity index (χ1n) is 6.04. The van der Waals surface area contributed by atoms with E-state index in [1.807, 2.05) is 6.07 Å². The zero-order chi connectivity index (χ0) is 16.4. The molecule has 0 saturated carbocycles. The number of nitriles is 1. The maximum atomic E-state index is 12.3. The van der Waals surface area contributed by atoms with Crippen LogP contribution in [0.3, 0.4) is 0 Å². The van der Waals surface area contributed by atoms with E-state index in [1.54, 1.807) is 14.0 Å². The number of aryl methyl sites for hydroxylation is 2. The summed E-state index contributed by atoms with van der Waals surface area (Å²) in [5, 5.41) is 26.4. The van der Waals surface area contributed by atoms with Crippen LogP contribution >= 0.6 is 15.9 Å². The van der Waals surface area contributed by atoms with Gasteiger partial charge < -0.3 is 5.32 Å². The third-order valence-electron chi connectivity index (χ3n) is 2.95. The van der Waals surface area contributed by atoms with Crippen molar-refractivity contribution < 1.29 is 9.72 Å². The molecule has 0 bridgehead atoms. The molecule has 0 radical (unpaired) electrons. The van der Waals surface area contributed by atoms with Crippen molar-refractivity contribution in [3.8, 4) is 6.07 Å². The summed E-state index contributed by atoms with van der Waals surface area (Å²) in [6, 6.07) is 5.49. The summed E-state index contributed by atoms with van der Waals surface area (Å²) in [6.45, 7) is 1.74. The van der Waals surface area contributed by atoms with Gasteiger partial charge >= 0.3 is 0 Å². The Hall–Kier alpha value is -2.73. The highest BCUT2D eigenvalue weighted by Gasteiger charge is 2.20. The summed E-state index contributed by atoms with van der Waals surface area (Å²) >= 11 is 3.28. The van der Waals surface area contributed by atoms with Gasteiger partial charge in [-0.05, 0) is 28.9 Å². The van der Waals surface area contributed by atoms with Gasteiger partial charge in [-0.25, -0.2) is 0 Å². The fourth-order valence-corrected chi connectivity index (χ4v) is 2.42. The van der Waals surface area contributed by atoms with Crippen LogP contribution in [-0.2, 0) is 7.05 Å². The summed E-state index contributed by atoms with van der Waals surface area (Å²) in [5.41, 5.74) is 0.935. The molecule has 2 rings (SSSR count). The Labute approximate surface area is 133 Å². The minimum atomic E-state index is -0.604. The maximum absolute atomic E-state index is 12.3. The Bertz CT molecular complexity index is 822. The molecule has 2 aromatic rings. The molecule has 0 aliphatic carbocycles. The summed E-state index contributed by atoms with van der Waals surface area (Å²) < 4.78 is 1.96. The van der Waals surface area contributed by atoms with E-state index in [0.717, 1.165) is 6.07 Å². The van der Waals surface area contributed by atoms with E-state index in [9.17, 15) is 14.9 Å². The number of halogens is 1. The number of hydrogen-bond donors (Lipinski definition) is 1. The molecule has 9 heteroatoms. The number of amides is 1. The highest BCUT2D eigenvalue weighted by atomic mass is 79.9. The van der Waals surface area contributed by atoms with Crippen molar-refractivity contribution >= 4 is 33.2 Å². The average Bonchev–Trinajstić information content (AvgIpc) is 2.72. The van der Waals surface area contributed by atoms with Crippen molar-refractivity contribution in [2.45, 2.75) is 6.92 Å². The standard InChI is InChI=1S/C13H10BrN5O3/c1-7-11(14)12(18(2)17-7)13(20)16-10-4-3-9(19(21)22)5-8(10)6-15/h3-5H,1-2H3,(H,16,20). The molecule has 1 aromatic carbocycles. The van der Waals surface area contributed by atoms with Crippen LogP contribution in [0.2, 0.25) is 0 Å². The van der Waals surface area contributed by atoms with Gasteiger partial charge in [0, 0.05) is 19.2 Å². The number of hydrogen-bond acceptors (Lipinski definition) is 5. The lowest BCUT2D eigenvalue weighted by Gasteiger charge is -2.07. The Kier molecular flexibility index (Phi) is 4.23. The number of anilines is 1. The number of rotatable bonds is 3. The van der Waals surface area contributed by atoms with Gasteiger partial charge in [0.15, 0.2) is 0 Å². The predicted octanol–water partition coefficient (Wildman–Crippen LogP) is 2.52. The van der Waals surface area contributed by atoms with E-state index in [4.69, 9.17) is 5.26 Å². The third-order valence-corrected chi connectivity index (χ3v) is 3.90. The number of non-ortho nitro benzene ring substituents is 1. The number of nitrogens with one attached hydrogen (secondary N) is 1. The molecular formula is C13H10BrN5O3. The molecule has 8 nitrogen and oxygen atoms in total. The van der Waals surface area contributed by atoms with Crippen molar-refractivity contribution in [3.05, 3.63) is 49.7 Å². The van der Waals surface area contributed by atoms with Gasteiger partial charge in [-0.15, -0.1) is 0 Å². The minimum absolute atomic E-state index is 0.0116. The lowest BCUT2D eigenvalue weighted by molar-refractivity contribution is -0.384. The maximum Gasteiger partial charge on any atom is 0.275 e. The van der Waals surface area contributed by atoms with Crippen molar-refractivity contribution in [2.24, 2.45) is 7.05 Å². The second-order valence-corrected chi connectivity index (χ2v) is 5.22. The predicted molar refractivity (Wildman–Crippen MR) is 81.4 cm³/mol. The summed E-state index contributed by atoms with van der Waals surface area (Å²) in [6.07, 6.45) is 0. The molecule has 112 valence electrons. The largest absolute Gasteiger partial charge is 0.319 e. The fraction of sp³-hybridized carbons (Fsp3) is 0.154. The van der Waals surface area contributed by atoms with Crippen molar-refractivity contribution in [3.63, 3.8) is 0 Å². The SMILES string of the molecule is Cc1nn(C)c(C(=O)Nc2ccc([N+](=O)[O-])cc2C#N)c1Br. The molecule has 0 fully saturated rings. The van der Waals surface area contributed by atoms with Crippen LogP contribution in [0.25, 0.3) is 0 Å². The Morgan fingerprint density at radius 1 is 1.55 bits per heavy atom. The normalized spacial score (nSPS) is 10.1. The first kappa shape index (κ1) is 15.7. The van der Waals surface area contributed by atoms with E-state index < -0.39 is 10.8 Å². The molecule has 0 unspecified atom stereocenters. The molecule has 22 heavy (non-hydrogen) atoms. The fourth-order valence-electron chi connectivity index (χ4n) is 1.91. The quantitative estimate of drug-likeness (QED) is 0.664. The van der Waals surface area contributed by atoms with Gasteiger partial charge in [-0.1, -0.05) is 0 Å². The topological polar surface area (TPSA) is 114 Å². The first-order chi connectivity index (χ1) is 10.3. The molecule has 0 spiro atoms. The second-order valence-electron chi connectivity index (χ2n) is 4.42. The van der Waals surface area contributed by atoms with Crippen molar-refractivity contribution in [1.82, 2.24) is 9.78 Å². The van der Waals surface area contributed by atoms with E-state index in [-0.39, 0.29) is 16.9 Å². The van der Waals surface area contributed by atoms with Crippen molar-refractivity contribution in [1.29, 1.82) is 5.26 Å². The number of carbonyl (C=O) groups is 1. The van der Waals surface area contributed by atoms with Crippen LogP contribution in [0, 0.1) is 28.4 Å². The Morgan fingerprint density at radius 3 is 2.73 bits per heavy atom. The van der Waals surface area contributed by atoms with E-state index in [1.165, 1.54) is 16.8 Å². The van der Waals surface area contributed by atoms with Crippen LogP contribution in [-0.4, -0.2) is 20.6 Å². The number of nitrogens with zero attached hydrogens (tertiary/aromatic N) is 4. The number of nitro benzene ring substituents is 1. The molecule has 1 N–H and O–H groups in total. The minimum Gasteiger partial charge on any atom is -0.319 e. The van der Waals surface area contributed by atoms with Gasteiger partial charge in [0.2, 0.25) is 0 Å². The Balaban J connectivity index is 2.37. The van der Waals surface area contributed by atoms with Crippen LogP contribution in [0.15, 0.2) is 22.7 Å². The molecule has 1 aromatic heterocycles. The van der Waals surface area contributed by atoms with Gasteiger partial charge in [0.1, 0.15) is 11.8 Å². The lowest BCUT2D eigenvalue weighted by atomic mass is 10.1. The van der Waals surface area contributed by atoms with Gasteiger partial charge in [0.05, 0.1) is 26.3 Å². The molecule has 0 saturated heterocycles. The Morgan fingerprint density at radius 2 is 2.23 bits per heavy atom. The van der Waals surface area contributed by atoms with Gasteiger partial charge in [-0.2, -0.15) is 10.4 Å². The summed E-state index contributed by atoms with van der Waals surface area (Å²) in [7, 11) is 1.62. The second kappa shape index (κ2) is 5.95. The van der Waals surface area contributed by atoms with Crippen LogP contribution in [0.4, 0.5) is 11.4 Å². The smallest absolute Gasteiger partial charge is 0.275 e. The average molecular weight is 364 g/mol. The van der Waals surface area contributed by atoms with E-state index >= 15 is 0 Å². The molecule has 0 aliphatic heterocycles. The third kappa shape index (κ3) is 2.82. The molecular weight excluding hydrogens is 354 g/mol. The zero-order valence-electron chi connectivity index (χ0n) is 11.6. The zero-order valence-corrected chi connectivity index (χ0v) is 13.2. The van der Waals surface area contributed by atoms with E-state index in [0.29, 0.717) is 15.9 Å². The molecule has 1 amide bonds. The van der Waals surface area contributed by atoms with Crippen LogP contribution in [0.5, 0.6) is 0 Å². The van der Waals surface area contributed by atoms with Crippen LogP contribution in [0.1, 0.15) is 21.7 Å².